The molecule has 2 saturated heterocycles. The molecule has 0 saturated carbocycles. The fraction of sp³-hybridized carbons (Fsp3) is 0.314. The molecule has 3 heterocycles. The Hall–Kier alpha value is -3.13. The second-order valence-corrected chi connectivity index (χ2v) is 11.2. The quantitative estimate of drug-likeness (QED) is 0.226. The van der Waals surface area contributed by atoms with E-state index in [2.05, 4.69) is 93.6 Å². The van der Waals surface area contributed by atoms with Crippen molar-refractivity contribution in [2.24, 2.45) is 0 Å². The zero-order chi connectivity index (χ0) is 28.2. The van der Waals surface area contributed by atoms with Crippen LogP contribution in [0.3, 0.4) is 0 Å². The zero-order valence-electron chi connectivity index (χ0n) is 25.1. The summed E-state index contributed by atoms with van der Waals surface area (Å²) in [7, 11) is 1.75. The van der Waals surface area contributed by atoms with E-state index in [0.29, 0.717) is 0 Å². The number of hydrogen-bond donors (Lipinski definition) is 0. The Labute approximate surface area is 279 Å². The average molecular weight is 656 g/mol. The molecule has 1 amide bonds. The largest absolute Gasteiger partial charge is 0.496 e. The smallest absolute Gasteiger partial charge is 0.219 e. The van der Waals surface area contributed by atoms with Gasteiger partial charge in [-0.1, -0.05) is 66.7 Å². The van der Waals surface area contributed by atoms with Crippen molar-refractivity contribution in [3.8, 4) is 16.9 Å². The first-order valence-electron chi connectivity index (χ1n) is 14.5. The molecule has 3 aromatic carbocycles. The van der Waals surface area contributed by atoms with Crippen LogP contribution >= 0.6 is 37.2 Å². The van der Waals surface area contributed by atoms with Gasteiger partial charge < -0.3 is 9.64 Å². The van der Waals surface area contributed by atoms with Gasteiger partial charge in [-0.05, 0) is 46.5 Å². The van der Waals surface area contributed by atoms with Gasteiger partial charge in [0.15, 0.2) is 0 Å². The second kappa shape index (κ2) is 16.3. The number of ether oxygens (including phenoxy) is 1. The zero-order valence-corrected chi connectivity index (χ0v) is 27.6. The first-order valence-corrected chi connectivity index (χ1v) is 14.5. The maximum absolute atomic E-state index is 12.4. The van der Waals surface area contributed by atoms with Crippen LogP contribution in [0.15, 0.2) is 103 Å². The van der Waals surface area contributed by atoms with Crippen molar-refractivity contribution in [1.82, 2.24) is 19.7 Å². The Morgan fingerprint density at radius 1 is 0.818 bits per heavy atom. The summed E-state index contributed by atoms with van der Waals surface area (Å²) in [5.74, 6) is 1.28. The van der Waals surface area contributed by atoms with Crippen LogP contribution in [0, 0.1) is 0 Å². The van der Waals surface area contributed by atoms with Crippen LogP contribution in [-0.4, -0.2) is 77.5 Å². The molecule has 0 radical (unpaired) electrons. The van der Waals surface area contributed by atoms with Gasteiger partial charge in [-0.15, -0.1) is 37.2 Å². The lowest BCUT2D eigenvalue weighted by Gasteiger charge is -2.53. The summed E-state index contributed by atoms with van der Waals surface area (Å²) in [6.07, 6.45) is 3.67. The first-order chi connectivity index (χ1) is 20.1. The van der Waals surface area contributed by atoms with Gasteiger partial charge in [0, 0.05) is 82.2 Å². The van der Waals surface area contributed by atoms with Crippen LogP contribution in [0.4, 0.5) is 0 Å². The monoisotopic (exact) mass is 654 g/mol. The molecule has 2 aliphatic heterocycles. The molecule has 234 valence electrons. The van der Waals surface area contributed by atoms with Gasteiger partial charge in [-0.25, -0.2) is 0 Å². The minimum atomic E-state index is 0. The fourth-order valence-electron chi connectivity index (χ4n) is 6.75. The Morgan fingerprint density at radius 2 is 1.45 bits per heavy atom. The van der Waals surface area contributed by atoms with E-state index in [1.54, 1.807) is 14.0 Å². The summed E-state index contributed by atoms with van der Waals surface area (Å²) >= 11 is 0. The molecule has 1 aromatic heterocycles. The van der Waals surface area contributed by atoms with E-state index < -0.39 is 0 Å². The van der Waals surface area contributed by atoms with E-state index in [4.69, 9.17) is 4.74 Å². The third-order valence-corrected chi connectivity index (χ3v) is 8.70. The van der Waals surface area contributed by atoms with Crippen LogP contribution in [0.1, 0.15) is 29.5 Å². The summed E-state index contributed by atoms with van der Waals surface area (Å²) in [6.45, 7) is 6.72. The predicted molar refractivity (Wildman–Crippen MR) is 185 cm³/mol. The summed E-state index contributed by atoms with van der Waals surface area (Å²) in [4.78, 5) is 23.9. The van der Waals surface area contributed by atoms with Gasteiger partial charge in [0.1, 0.15) is 5.75 Å². The summed E-state index contributed by atoms with van der Waals surface area (Å²) < 4.78 is 5.84. The molecule has 0 aliphatic carbocycles. The number of aromatic nitrogens is 1. The SMILES string of the molecule is COc1ccc(-c2ccncc2)cc1CN1C[C@@H]2CN(C(C)=O)CCN2[C@H](C(c2ccccc2)c2ccccc2)C1.Cl.Cl.Cl. The van der Waals surface area contributed by atoms with Crippen LogP contribution < -0.4 is 4.74 Å². The molecule has 0 bridgehead atoms. The number of fused-ring (bicyclic) bond motifs is 1. The number of benzene rings is 3. The van der Waals surface area contributed by atoms with E-state index in [-0.39, 0.29) is 61.1 Å². The van der Waals surface area contributed by atoms with Gasteiger partial charge in [0.2, 0.25) is 5.91 Å². The molecule has 4 aromatic rings. The second-order valence-electron chi connectivity index (χ2n) is 11.2. The van der Waals surface area contributed by atoms with Gasteiger partial charge >= 0.3 is 0 Å². The number of nitrogens with zero attached hydrogens (tertiary/aromatic N) is 4. The third kappa shape index (κ3) is 7.74. The van der Waals surface area contributed by atoms with E-state index in [0.717, 1.165) is 56.1 Å². The van der Waals surface area contributed by atoms with Crippen LogP contribution in [0.5, 0.6) is 5.75 Å². The van der Waals surface area contributed by atoms with Crippen molar-refractivity contribution < 1.29 is 9.53 Å². The van der Waals surface area contributed by atoms with Crippen molar-refractivity contribution >= 4 is 43.1 Å². The van der Waals surface area contributed by atoms with E-state index in [1.165, 1.54) is 16.7 Å². The number of pyridine rings is 1. The Bertz CT molecular complexity index is 1420. The Balaban J connectivity index is 0.00000176. The molecule has 6 nitrogen and oxygen atoms in total. The lowest BCUT2D eigenvalue weighted by molar-refractivity contribution is -0.134. The van der Waals surface area contributed by atoms with Gasteiger partial charge in [0.05, 0.1) is 7.11 Å². The number of carbonyl (C=O) groups excluding carboxylic acids is 1. The molecular weight excluding hydrogens is 615 g/mol. The molecule has 0 unspecified atom stereocenters. The fourth-order valence-corrected chi connectivity index (χ4v) is 6.75. The molecule has 0 N–H and O–H groups in total. The van der Waals surface area contributed by atoms with Crippen LogP contribution in [-0.2, 0) is 11.3 Å². The maximum atomic E-state index is 12.4. The number of methoxy groups -OCH3 is 1. The standard InChI is InChI=1S/C35H38N4O2.3ClH/c1-26(40)38-19-20-39-32(24-38)23-37(22-31-21-30(13-14-34(31)41-2)27-15-17-36-18-16-27)25-33(39)35(28-9-5-3-6-10-28)29-11-7-4-8-12-29;;;/h3-18,21,32-33,35H,19-20,22-25H2,1-2H3;3*1H/t32-,33+;;;/m1.../s1. The van der Waals surface area contributed by atoms with Crippen molar-refractivity contribution in [2.45, 2.75) is 31.5 Å². The molecule has 9 heteroatoms. The number of rotatable bonds is 7. The minimum Gasteiger partial charge on any atom is -0.496 e. The molecule has 2 atom stereocenters. The molecule has 2 aliphatic rings. The number of hydrogen-bond acceptors (Lipinski definition) is 5. The lowest BCUT2D eigenvalue weighted by Crippen LogP contribution is -2.67. The molecule has 2 fully saturated rings. The molecule has 0 spiro atoms. The van der Waals surface area contributed by atoms with Crippen LogP contribution in [0.2, 0.25) is 0 Å². The van der Waals surface area contributed by atoms with E-state index in [1.807, 2.05) is 29.4 Å². The minimum absolute atomic E-state index is 0. The maximum Gasteiger partial charge on any atom is 0.219 e. The highest BCUT2D eigenvalue weighted by atomic mass is 35.5. The van der Waals surface area contributed by atoms with Gasteiger partial charge in [-0.2, -0.15) is 0 Å². The van der Waals surface area contributed by atoms with Crippen molar-refractivity contribution in [2.75, 3.05) is 39.8 Å². The van der Waals surface area contributed by atoms with E-state index in [9.17, 15) is 4.79 Å². The van der Waals surface area contributed by atoms with Crippen molar-refractivity contribution in [3.63, 3.8) is 0 Å². The predicted octanol–water partition coefficient (Wildman–Crippen LogP) is 6.57. The Morgan fingerprint density at radius 3 is 2.05 bits per heavy atom. The summed E-state index contributed by atoms with van der Waals surface area (Å²) in [5.41, 5.74) is 6.13. The number of halogens is 3. The lowest BCUT2D eigenvalue weighted by atomic mass is 9.81. The number of carbonyl (C=O) groups is 1. The van der Waals surface area contributed by atoms with E-state index >= 15 is 0 Å². The first kappa shape index (κ1) is 35.4. The van der Waals surface area contributed by atoms with Crippen LogP contribution in [0.25, 0.3) is 11.1 Å². The number of piperazine rings is 2. The highest BCUT2D eigenvalue weighted by Crippen LogP contribution is 2.37. The molecular formula is C35H41Cl3N4O2. The number of amides is 1. The van der Waals surface area contributed by atoms with Crippen molar-refractivity contribution in [3.05, 3.63) is 120 Å². The highest BCUT2D eigenvalue weighted by molar-refractivity contribution is 5.86. The topological polar surface area (TPSA) is 48.9 Å². The highest BCUT2D eigenvalue weighted by Gasteiger charge is 2.42. The van der Waals surface area contributed by atoms with Gasteiger partial charge in [-0.3, -0.25) is 19.6 Å². The normalized spacial score (nSPS) is 18.3. The molecule has 6 rings (SSSR count). The van der Waals surface area contributed by atoms with Crippen molar-refractivity contribution in [1.29, 1.82) is 0 Å². The average Bonchev–Trinajstić information content (AvgIpc) is 3.02. The molecule has 44 heavy (non-hydrogen) atoms. The summed E-state index contributed by atoms with van der Waals surface area (Å²) in [6, 6.07) is 32.9. The summed E-state index contributed by atoms with van der Waals surface area (Å²) in [5, 5.41) is 0. The van der Waals surface area contributed by atoms with Gasteiger partial charge in [0.25, 0.3) is 0 Å². The Kier molecular flexibility index (Phi) is 13.1. The third-order valence-electron chi connectivity index (χ3n) is 8.70.